The Kier molecular flexibility index (Phi) is 5.05. The molecular formula is C15H23NO3. The van der Waals surface area contributed by atoms with Crippen LogP contribution in [0.5, 0.6) is 11.5 Å². The van der Waals surface area contributed by atoms with Crippen LogP contribution in [0.2, 0.25) is 0 Å². The normalized spacial score (nSPS) is 16.2. The molecule has 0 aliphatic heterocycles. The van der Waals surface area contributed by atoms with Gasteiger partial charge in [0.15, 0.2) is 0 Å². The minimum Gasteiger partial charge on any atom is -0.497 e. The van der Waals surface area contributed by atoms with Crippen LogP contribution < -0.4 is 14.8 Å². The van der Waals surface area contributed by atoms with Gasteiger partial charge >= 0.3 is 0 Å². The summed E-state index contributed by atoms with van der Waals surface area (Å²) in [5, 5.41) is 3.57. The topological polar surface area (TPSA) is 39.7 Å². The van der Waals surface area contributed by atoms with Crippen molar-refractivity contribution in [3.05, 3.63) is 23.8 Å². The molecule has 0 aromatic heterocycles. The predicted octanol–water partition coefficient (Wildman–Crippen LogP) is 2.22. The fourth-order valence-corrected chi connectivity index (χ4v) is 2.28. The minimum absolute atomic E-state index is 0.441. The lowest BCUT2D eigenvalue weighted by atomic mass is 10.1. The molecule has 2 rings (SSSR count). The van der Waals surface area contributed by atoms with Gasteiger partial charge in [-0.05, 0) is 24.8 Å². The van der Waals surface area contributed by atoms with Gasteiger partial charge in [0, 0.05) is 31.3 Å². The molecule has 0 heterocycles. The van der Waals surface area contributed by atoms with Crippen LogP contribution in [0.25, 0.3) is 0 Å². The monoisotopic (exact) mass is 265 g/mol. The zero-order valence-corrected chi connectivity index (χ0v) is 11.9. The lowest BCUT2D eigenvalue weighted by Gasteiger charge is -2.18. The SMILES string of the molecule is COCC(NCc1ccc(OC)cc1OC)C1CC1. The van der Waals surface area contributed by atoms with E-state index in [4.69, 9.17) is 14.2 Å². The molecule has 1 aromatic rings. The second-order valence-electron chi connectivity index (χ2n) is 4.96. The molecule has 1 atom stereocenters. The van der Waals surface area contributed by atoms with Crippen molar-refractivity contribution >= 4 is 0 Å². The van der Waals surface area contributed by atoms with E-state index >= 15 is 0 Å². The van der Waals surface area contributed by atoms with Crippen LogP contribution >= 0.6 is 0 Å². The van der Waals surface area contributed by atoms with Gasteiger partial charge in [0.05, 0.1) is 20.8 Å². The Balaban J connectivity index is 1.97. The highest BCUT2D eigenvalue weighted by Gasteiger charge is 2.30. The van der Waals surface area contributed by atoms with E-state index in [1.807, 2.05) is 18.2 Å². The Labute approximate surface area is 115 Å². The van der Waals surface area contributed by atoms with Gasteiger partial charge in [-0.2, -0.15) is 0 Å². The zero-order chi connectivity index (χ0) is 13.7. The van der Waals surface area contributed by atoms with Crippen molar-refractivity contribution in [2.24, 2.45) is 5.92 Å². The third-order valence-corrected chi connectivity index (χ3v) is 3.59. The first kappa shape index (κ1) is 14.2. The van der Waals surface area contributed by atoms with Gasteiger partial charge in [-0.25, -0.2) is 0 Å². The molecule has 0 saturated heterocycles. The summed E-state index contributed by atoms with van der Waals surface area (Å²) in [6.07, 6.45) is 2.61. The Morgan fingerprint density at radius 2 is 2.00 bits per heavy atom. The van der Waals surface area contributed by atoms with Gasteiger partial charge in [-0.1, -0.05) is 6.07 Å². The van der Waals surface area contributed by atoms with Gasteiger partial charge in [0.1, 0.15) is 11.5 Å². The van der Waals surface area contributed by atoms with Gasteiger partial charge in [0.25, 0.3) is 0 Å². The van der Waals surface area contributed by atoms with E-state index < -0.39 is 0 Å². The summed E-state index contributed by atoms with van der Waals surface area (Å²) in [5.41, 5.74) is 1.14. The minimum atomic E-state index is 0.441. The number of ether oxygens (including phenoxy) is 3. The molecule has 0 spiro atoms. The van der Waals surface area contributed by atoms with Crippen LogP contribution in [-0.4, -0.2) is 34.0 Å². The molecule has 4 nitrogen and oxygen atoms in total. The van der Waals surface area contributed by atoms with Crippen LogP contribution in [0.3, 0.4) is 0 Å². The van der Waals surface area contributed by atoms with E-state index in [2.05, 4.69) is 5.32 Å². The van der Waals surface area contributed by atoms with Crippen molar-refractivity contribution in [1.82, 2.24) is 5.32 Å². The summed E-state index contributed by atoms with van der Waals surface area (Å²) in [6, 6.07) is 6.36. The van der Waals surface area contributed by atoms with Crippen molar-refractivity contribution in [2.45, 2.75) is 25.4 Å². The van der Waals surface area contributed by atoms with Crippen LogP contribution in [0.15, 0.2) is 18.2 Å². The number of hydrogen-bond donors (Lipinski definition) is 1. The Bertz CT molecular complexity index is 404. The van der Waals surface area contributed by atoms with Crippen LogP contribution in [-0.2, 0) is 11.3 Å². The highest BCUT2D eigenvalue weighted by atomic mass is 16.5. The third-order valence-electron chi connectivity index (χ3n) is 3.59. The van der Waals surface area contributed by atoms with Crippen molar-refractivity contribution in [3.63, 3.8) is 0 Å². The standard InChI is InChI=1S/C15H23NO3/c1-17-10-14(11-4-5-11)16-9-12-6-7-13(18-2)8-15(12)19-3/h6-8,11,14,16H,4-5,9-10H2,1-3H3. The average Bonchev–Trinajstić information content (AvgIpc) is 3.27. The summed E-state index contributed by atoms with van der Waals surface area (Å²) in [6.45, 7) is 1.56. The van der Waals surface area contributed by atoms with Crippen molar-refractivity contribution < 1.29 is 14.2 Å². The molecule has 1 fully saturated rings. The summed E-state index contributed by atoms with van der Waals surface area (Å²) >= 11 is 0. The maximum absolute atomic E-state index is 5.40. The largest absolute Gasteiger partial charge is 0.497 e. The van der Waals surface area contributed by atoms with E-state index in [1.165, 1.54) is 12.8 Å². The summed E-state index contributed by atoms with van der Waals surface area (Å²) in [4.78, 5) is 0. The molecule has 0 radical (unpaired) electrons. The lowest BCUT2D eigenvalue weighted by Crippen LogP contribution is -2.34. The first-order valence-electron chi connectivity index (χ1n) is 6.71. The molecule has 0 amide bonds. The van der Waals surface area contributed by atoms with E-state index in [0.29, 0.717) is 6.04 Å². The fourth-order valence-electron chi connectivity index (χ4n) is 2.28. The van der Waals surface area contributed by atoms with Crippen molar-refractivity contribution in [3.8, 4) is 11.5 Å². The van der Waals surface area contributed by atoms with Crippen LogP contribution in [0, 0.1) is 5.92 Å². The highest BCUT2D eigenvalue weighted by Crippen LogP contribution is 2.33. The van der Waals surface area contributed by atoms with Gasteiger partial charge in [-0.3, -0.25) is 0 Å². The first-order valence-corrected chi connectivity index (χ1v) is 6.71. The summed E-state index contributed by atoms with van der Waals surface area (Å²) < 4.78 is 15.9. The second-order valence-corrected chi connectivity index (χ2v) is 4.96. The maximum atomic E-state index is 5.40. The number of rotatable bonds is 8. The second kappa shape index (κ2) is 6.78. The molecule has 1 aliphatic rings. The van der Waals surface area contributed by atoms with E-state index in [0.717, 1.165) is 36.1 Å². The van der Waals surface area contributed by atoms with Crippen molar-refractivity contribution in [2.75, 3.05) is 27.9 Å². The fraction of sp³-hybridized carbons (Fsp3) is 0.600. The van der Waals surface area contributed by atoms with Crippen LogP contribution in [0.1, 0.15) is 18.4 Å². The number of benzene rings is 1. The molecule has 1 unspecified atom stereocenters. The first-order chi connectivity index (χ1) is 9.28. The number of methoxy groups -OCH3 is 3. The number of hydrogen-bond acceptors (Lipinski definition) is 4. The van der Waals surface area contributed by atoms with Crippen molar-refractivity contribution in [1.29, 1.82) is 0 Å². The van der Waals surface area contributed by atoms with Gasteiger partial charge < -0.3 is 19.5 Å². The lowest BCUT2D eigenvalue weighted by molar-refractivity contribution is 0.157. The molecular weight excluding hydrogens is 242 g/mol. The molecule has 1 aliphatic carbocycles. The smallest absolute Gasteiger partial charge is 0.127 e. The molecule has 0 bridgehead atoms. The number of nitrogens with one attached hydrogen (secondary N) is 1. The Hall–Kier alpha value is -1.26. The quantitative estimate of drug-likeness (QED) is 0.782. The molecule has 1 saturated carbocycles. The van der Waals surface area contributed by atoms with E-state index in [-0.39, 0.29) is 0 Å². The maximum Gasteiger partial charge on any atom is 0.127 e. The average molecular weight is 265 g/mol. The third kappa shape index (κ3) is 3.85. The van der Waals surface area contributed by atoms with Gasteiger partial charge in [-0.15, -0.1) is 0 Å². The zero-order valence-electron chi connectivity index (χ0n) is 11.9. The molecule has 1 aromatic carbocycles. The van der Waals surface area contributed by atoms with Gasteiger partial charge in [0.2, 0.25) is 0 Å². The van der Waals surface area contributed by atoms with E-state index in [9.17, 15) is 0 Å². The molecule has 106 valence electrons. The Morgan fingerprint density at radius 1 is 1.21 bits per heavy atom. The molecule has 1 N–H and O–H groups in total. The van der Waals surface area contributed by atoms with E-state index in [1.54, 1.807) is 21.3 Å². The summed E-state index contributed by atoms with van der Waals surface area (Å²) in [7, 11) is 5.10. The highest BCUT2D eigenvalue weighted by molar-refractivity contribution is 5.40. The molecule has 4 heteroatoms. The Morgan fingerprint density at radius 3 is 2.58 bits per heavy atom. The van der Waals surface area contributed by atoms with Crippen LogP contribution in [0.4, 0.5) is 0 Å². The molecule has 19 heavy (non-hydrogen) atoms. The summed E-state index contributed by atoms with van der Waals surface area (Å²) in [5.74, 6) is 2.44. The predicted molar refractivity (Wildman–Crippen MR) is 74.8 cm³/mol.